The molecule has 1 amide bonds. The van der Waals surface area contributed by atoms with Crippen LogP contribution in [0, 0.1) is 5.41 Å². The van der Waals surface area contributed by atoms with Crippen LogP contribution in [0.5, 0.6) is 11.5 Å². The van der Waals surface area contributed by atoms with E-state index in [2.05, 4.69) is 9.88 Å². The summed E-state index contributed by atoms with van der Waals surface area (Å²) in [6.07, 6.45) is 3.56. The maximum absolute atomic E-state index is 12.4. The van der Waals surface area contributed by atoms with Gasteiger partial charge in [-0.05, 0) is 38.4 Å². The minimum atomic E-state index is -0.381. The second-order valence-electron chi connectivity index (χ2n) is 6.77. The van der Waals surface area contributed by atoms with Gasteiger partial charge in [0.2, 0.25) is 0 Å². The van der Waals surface area contributed by atoms with Gasteiger partial charge in [-0.15, -0.1) is 0 Å². The van der Waals surface area contributed by atoms with Crippen LogP contribution in [0.4, 0.5) is 0 Å². The summed E-state index contributed by atoms with van der Waals surface area (Å²) in [4.78, 5) is 19.0. The molecule has 1 aromatic carbocycles. The number of nitrogens with zero attached hydrogens (tertiary/aromatic N) is 2. The maximum atomic E-state index is 12.4. The van der Waals surface area contributed by atoms with Crippen molar-refractivity contribution in [3.63, 3.8) is 0 Å². The number of hydrogen-bond donors (Lipinski definition) is 3. The Kier molecular flexibility index (Phi) is 5.85. The Bertz CT molecular complexity index is 826. The Morgan fingerprint density at radius 3 is 2.74 bits per heavy atom. The molecule has 0 saturated carbocycles. The predicted molar refractivity (Wildman–Crippen MR) is 105 cm³/mol. The summed E-state index contributed by atoms with van der Waals surface area (Å²) in [7, 11) is 3.05. The van der Waals surface area contributed by atoms with Gasteiger partial charge in [0.25, 0.3) is 5.91 Å². The van der Waals surface area contributed by atoms with Crippen LogP contribution in [0.1, 0.15) is 29.8 Å². The fourth-order valence-electron chi connectivity index (χ4n) is 3.32. The highest BCUT2D eigenvalue weighted by Gasteiger charge is 2.18. The number of guanidine groups is 1. The molecule has 0 atom stereocenters. The lowest BCUT2D eigenvalue weighted by Gasteiger charge is -2.14. The molecule has 1 aliphatic heterocycles. The van der Waals surface area contributed by atoms with Gasteiger partial charge >= 0.3 is 0 Å². The summed E-state index contributed by atoms with van der Waals surface area (Å²) in [5, 5.41) is 8.18. The number of amides is 1. The first kappa shape index (κ1) is 19.0. The summed E-state index contributed by atoms with van der Waals surface area (Å²) in [5.74, 6) is 0.630. The van der Waals surface area contributed by atoms with Crippen LogP contribution in [0.3, 0.4) is 0 Å². The molecule has 3 rings (SSSR count). The molecular weight excluding hydrogens is 346 g/mol. The second kappa shape index (κ2) is 8.30. The monoisotopic (exact) mass is 373 g/mol. The van der Waals surface area contributed by atoms with Gasteiger partial charge in [-0.1, -0.05) is 0 Å². The number of likely N-dealkylation sites (tertiary alicyclic amines) is 1. The van der Waals surface area contributed by atoms with Crippen molar-refractivity contribution in [3.8, 4) is 11.5 Å². The number of H-pyrrole nitrogens is 1. The average molecular weight is 373 g/mol. The molecule has 0 bridgehead atoms. The van der Waals surface area contributed by atoms with E-state index in [9.17, 15) is 4.79 Å². The zero-order chi connectivity index (χ0) is 19.4. The minimum Gasteiger partial charge on any atom is -0.496 e. The van der Waals surface area contributed by atoms with Crippen LogP contribution in [-0.2, 0) is 0 Å². The van der Waals surface area contributed by atoms with Gasteiger partial charge in [0.15, 0.2) is 5.96 Å². The van der Waals surface area contributed by atoms with Crippen LogP contribution in [0.15, 0.2) is 18.2 Å². The predicted octanol–water partition coefficient (Wildman–Crippen LogP) is 2.01. The molecule has 1 aromatic heterocycles. The molecule has 1 saturated heterocycles. The molecule has 27 heavy (non-hydrogen) atoms. The van der Waals surface area contributed by atoms with Crippen LogP contribution in [0.25, 0.3) is 10.9 Å². The highest BCUT2D eigenvalue weighted by Crippen LogP contribution is 2.32. The number of benzene rings is 1. The molecule has 8 nitrogen and oxygen atoms in total. The quantitative estimate of drug-likeness (QED) is 0.391. The van der Waals surface area contributed by atoms with Crippen LogP contribution in [0.2, 0.25) is 0 Å². The third-order valence-electron chi connectivity index (χ3n) is 4.88. The summed E-state index contributed by atoms with van der Waals surface area (Å²) in [5.41, 5.74) is 6.47. The number of aromatic nitrogens is 1. The highest BCUT2D eigenvalue weighted by molar-refractivity contribution is 6.06. The van der Waals surface area contributed by atoms with E-state index in [1.807, 2.05) is 12.1 Å². The number of nitrogens with two attached hydrogens (primary N) is 1. The summed E-state index contributed by atoms with van der Waals surface area (Å²) >= 11 is 0. The van der Waals surface area contributed by atoms with Gasteiger partial charge in [0.1, 0.15) is 17.2 Å². The molecule has 8 heteroatoms. The summed E-state index contributed by atoms with van der Waals surface area (Å²) in [6.45, 7) is 4.06. The molecule has 1 fully saturated rings. The maximum Gasteiger partial charge on any atom is 0.276 e. The lowest BCUT2D eigenvalue weighted by Crippen LogP contribution is -2.38. The van der Waals surface area contributed by atoms with Crippen LogP contribution < -0.4 is 15.2 Å². The molecule has 0 aliphatic carbocycles. The number of carbonyl (C=O) groups is 1. The first-order valence-corrected chi connectivity index (χ1v) is 9.17. The van der Waals surface area contributed by atoms with Crippen LogP contribution >= 0.6 is 0 Å². The van der Waals surface area contributed by atoms with Crippen molar-refractivity contribution in [2.75, 3.05) is 40.4 Å². The van der Waals surface area contributed by atoms with E-state index >= 15 is 0 Å². The number of hydrogen-bond acceptors (Lipinski definition) is 5. The average Bonchev–Trinajstić information content (AvgIpc) is 3.32. The van der Waals surface area contributed by atoms with Gasteiger partial charge in [0, 0.05) is 31.1 Å². The van der Waals surface area contributed by atoms with E-state index in [4.69, 9.17) is 20.6 Å². The van der Waals surface area contributed by atoms with E-state index in [1.54, 1.807) is 13.2 Å². The zero-order valence-corrected chi connectivity index (χ0v) is 15.9. The first-order chi connectivity index (χ1) is 13.0. The van der Waals surface area contributed by atoms with Crippen molar-refractivity contribution in [1.29, 1.82) is 5.41 Å². The number of ether oxygens (including phenoxy) is 2. The summed E-state index contributed by atoms with van der Waals surface area (Å²) in [6, 6.07) is 5.39. The smallest absolute Gasteiger partial charge is 0.276 e. The van der Waals surface area contributed by atoms with Gasteiger partial charge in [-0.25, -0.2) is 0 Å². The SMILES string of the molecule is COc1cc(OCCCN2CCCC2)cc2[nH]c(C(=O)N(C)C(=N)N)cc12. The summed E-state index contributed by atoms with van der Waals surface area (Å²) < 4.78 is 11.4. The minimum absolute atomic E-state index is 0.312. The Morgan fingerprint density at radius 2 is 2.07 bits per heavy atom. The Hall–Kier alpha value is -2.74. The van der Waals surface area contributed by atoms with E-state index in [0.29, 0.717) is 23.8 Å². The molecule has 0 radical (unpaired) electrons. The van der Waals surface area contributed by atoms with Crippen LogP contribution in [-0.4, -0.2) is 67.0 Å². The van der Waals surface area contributed by atoms with Crippen molar-refractivity contribution in [2.24, 2.45) is 5.73 Å². The van der Waals surface area contributed by atoms with Gasteiger partial charge in [0.05, 0.1) is 19.2 Å². The number of carbonyl (C=O) groups excluding carboxylic acids is 1. The van der Waals surface area contributed by atoms with Crippen molar-refractivity contribution >= 4 is 22.8 Å². The number of methoxy groups -OCH3 is 1. The molecule has 2 aromatic rings. The van der Waals surface area contributed by atoms with Gasteiger partial charge < -0.3 is 25.1 Å². The highest BCUT2D eigenvalue weighted by atomic mass is 16.5. The Balaban J connectivity index is 1.71. The Morgan fingerprint density at radius 1 is 1.33 bits per heavy atom. The zero-order valence-electron chi connectivity index (χ0n) is 15.9. The molecular formula is C19H27N5O3. The molecule has 0 unspecified atom stereocenters. The third-order valence-corrected chi connectivity index (χ3v) is 4.88. The molecule has 146 valence electrons. The topological polar surface area (TPSA) is 108 Å². The van der Waals surface area contributed by atoms with E-state index in [-0.39, 0.29) is 11.9 Å². The normalized spacial score (nSPS) is 14.4. The fourth-order valence-corrected chi connectivity index (χ4v) is 3.32. The van der Waals surface area contributed by atoms with Gasteiger partial charge in [-0.2, -0.15) is 0 Å². The third kappa shape index (κ3) is 4.33. The molecule has 2 heterocycles. The van der Waals surface area contributed by atoms with E-state index in [0.717, 1.165) is 28.8 Å². The fraction of sp³-hybridized carbons (Fsp3) is 0.474. The number of fused-ring (bicyclic) bond motifs is 1. The van der Waals surface area contributed by atoms with Crippen molar-refractivity contribution in [1.82, 2.24) is 14.8 Å². The van der Waals surface area contributed by atoms with Crippen molar-refractivity contribution < 1.29 is 14.3 Å². The van der Waals surface area contributed by atoms with E-state index in [1.165, 1.54) is 33.0 Å². The van der Waals surface area contributed by atoms with E-state index < -0.39 is 0 Å². The molecule has 4 N–H and O–H groups in total. The number of rotatable bonds is 7. The molecule has 0 spiro atoms. The number of nitrogens with one attached hydrogen (secondary N) is 2. The lowest BCUT2D eigenvalue weighted by molar-refractivity contribution is 0.0864. The second-order valence-corrected chi connectivity index (χ2v) is 6.77. The lowest BCUT2D eigenvalue weighted by atomic mass is 10.2. The number of aromatic amines is 1. The van der Waals surface area contributed by atoms with Crippen molar-refractivity contribution in [2.45, 2.75) is 19.3 Å². The largest absolute Gasteiger partial charge is 0.496 e. The first-order valence-electron chi connectivity index (χ1n) is 9.17. The Labute approximate surface area is 158 Å². The molecule has 1 aliphatic rings. The standard InChI is InChI=1S/C19H27N5O3/c1-23(19(20)21)18(25)16-12-14-15(22-16)10-13(11-17(14)26-2)27-9-5-8-24-6-3-4-7-24/h10-12,22H,3-9H2,1-2H3,(H3,20,21). The van der Waals surface area contributed by atoms with Gasteiger partial charge in [-0.3, -0.25) is 15.1 Å². The van der Waals surface area contributed by atoms with Crippen molar-refractivity contribution in [3.05, 3.63) is 23.9 Å².